The normalized spacial score (nSPS) is 13.0. The molecule has 1 aromatic rings. The number of guanidine groups is 1. The van der Waals surface area contributed by atoms with E-state index in [1.54, 1.807) is 14.0 Å². The van der Waals surface area contributed by atoms with E-state index in [1.165, 1.54) is 0 Å². The molecule has 1 unspecified atom stereocenters. The molecular weight excluding hydrogens is 475 g/mol. The summed E-state index contributed by atoms with van der Waals surface area (Å²) in [5.41, 5.74) is -0.512. The van der Waals surface area contributed by atoms with Gasteiger partial charge in [-0.15, -0.1) is 24.0 Å². The summed E-state index contributed by atoms with van der Waals surface area (Å²) in [4.78, 5) is 22.5. The number of aliphatic imine (C=N–C) groups is 1. The van der Waals surface area contributed by atoms with E-state index in [-0.39, 0.29) is 35.9 Å². The number of halogens is 1. The number of aryl methyl sites for hydroxylation is 1. The second-order valence-electron chi connectivity index (χ2n) is 7.84. The fraction of sp³-hybridized carbons (Fsp3) is 0.778. The Morgan fingerprint density at radius 2 is 2.00 bits per heavy atom. The van der Waals surface area contributed by atoms with Gasteiger partial charge in [0.25, 0.3) is 0 Å². The minimum atomic E-state index is -0.512. The molecule has 1 amide bonds. The Labute approximate surface area is 185 Å². The SMILES string of the molecule is CN=C(NCc1nc(C)no1)N(C)CCC(NC(=O)OC(C)(C)C)C(C)C.I. The van der Waals surface area contributed by atoms with Crippen molar-refractivity contribution < 1.29 is 14.1 Å². The van der Waals surface area contributed by atoms with Crippen LogP contribution in [-0.4, -0.2) is 59.4 Å². The van der Waals surface area contributed by atoms with Crippen molar-refractivity contribution in [2.45, 2.75) is 66.2 Å². The number of hydrogen-bond donors (Lipinski definition) is 2. The van der Waals surface area contributed by atoms with Crippen molar-refractivity contribution in [1.29, 1.82) is 0 Å². The molecule has 0 aliphatic carbocycles. The van der Waals surface area contributed by atoms with Crippen molar-refractivity contribution in [2.75, 3.05) is 20.6 Å². The van der Waals surface area contributed by atoms with E-state index in [2.05, 4.69) is 39.6 Å². The lowest BCUT2D eigenvalue weighted by atomic mass is 10.0. The molecule has 0 saturated carbocycles. The fourth-order valence-corrected chi connectivity index (χ4v) is 2.42. The summed E-state index contributed by atoms with van der Waals surface area (Å²) in [7, 11) is 3.66. The number of rotatable bonds is 7. The molecule has 1 atom stereocenters. The summed E-state index contributed by atoms with van der Waals surface area (Å²) in [5, 5.41) is 9.92. The summed E-state index contributed by atoms with van der Waals surface area (Å²) in [6.45, 7) is 12.6. The van der Waals surface area contributed by atoms with Crippen LogP contribution in [0.2, 0.25) is 0 Å². The van der Waals surface area contributed by atoms with Gasteiger partial charge in [0, 0.05) is 26.7 Å². The fourth-order valence-electron chi connectivity index (χ4n) is 2.42. The van der Waals surface area contributed by atoms with E-state index >= 15 is 0 Å². The van der Waals surface area contributed by atoms with Crippen molar-refractivity contribution in [3.63, 3.8) is 0 Å². The van der Waals surface area contributed by atoms with Crippen molar-refractivity contribution >= 4 is 36.0 Å². The standard InChI is InChI=1S/C18H34N6O3.HI/c1-12(2)14(22-17(25)26-18(4,5)6)9-10-24(8)16(19-7)20-11-15-21-13(3)23-27-15;/h12,14H,9-11H2,1-8H3,(H,19,20)(H,22,25);1H. The maximum Gasteiger partial charge on any atom is 0.407 e. The molecule has 0 aromatic carbocycles. The molecule has 2 N–H and O–H groups in total. The maximum atomic E-state index is 12.1. The van der Waals surface area contributed by atoms with E-state index in [1.807, 2.05) is 32.7 Å². The molecule has 10 heteroatoms. The monoisotopic (exact) mass is 510 g/mol. The summed E-state index contributed by atoms with van der Waals surface area (Å²) in [6.07, 6.45) is 0.367. The quantitative estimate of drug-likeness (QED) is 0.330. The second kappa shape index (κ2) is 12.1. The van der Waals surface area contributed by atoms with Gasteiger partial charge in [0.15, 0.2) is 11.8 Å². The Hall–Kier alpha value is -1.59. The number of nitrogens with one attached hydrogen (secondary N) is 2. The Morgan fingerprint density at radius 1 is 1.36 bits per heavy atom. The van der Waals surface area contributed by atoms with Gasteiger partial charge in [0.05, 0.1) is 6.54 Å². The highest BCUT2D eigenvalue weighted by Crippen LogP contribution is 2.11. The summed E-state index contributed by atoms with van der Waals surface area (Å²) in [5.74, 6) is 2.10. The van der Waals surface area contributed by atoms with Crippen LogP contribution in [0.4, 0.5) is 4.79 Å². The predicted octanol–water partition coefficient (Wildman–Crippen LogP) is 2.94. The number of nitrogens with zero attached hydrogens (tertiary/aromatic N) is 4. The van der Waals surface area contributed by atoms with Crippen LogP contribution in [0.15, 0.2) is 9.52 Å². The van der Waals surface area contributed by atoms with E-state index in [4.69, 9.17) is 9.26 Å². The number of hydrogen-bond acceptors (Lipinski definition) is 6. The van der Waals surface area contributed by atoms with Gasteiger partial charge >= 0.3 is 6.09 Å². The molecule has 0 fully saturated rings. The lowest BCUT2D eigenvalue weighted by Gasteiger charge is -2.28. The lowest BCUT2D eigenvalue weighted by molar-refractivity contribution is 0.0485. The highest BCUT2D eigenvalue weighted by molar-refractivity contribution is 14.0. The Balaban J connectivity index is 0.00000729. The molecule has 1 rings (SSSR count). The highest BCUT2D eigenvalue weighted by atomic mass is 127. The van der Waals surface area contributed by atoms with Crippen LogP contribution < -0.4 is 10.6 Å². The first-order valence-corrected chi connectivity index (χ1v) is 9.22. The molecule has 0 aliphatic rings. The van der Waals surface area contributed by atoms with Gasteiger partial charge in [-0.1, -0.05) is 19.0 Å². The van der Waals surface area contributed by atoms with Crippen LogP contribution in [0.5, 0.6) is 0 Å². The third-order valence-corrected chi connectivity index (χ3v) is 3.82. The molecule has 1 aromatic heterocycles. The second-order valence-corrected chi connectivity index (χ2v) is 7.84. The van der Waals surface area contributed by atoms with Crippen LogP contribution in [0.25, 0.3) is 0 Å². The van der Waals surface area contributed by atoms with Crippen molar-refractivity contribution in [2.24, 2.45) is 10.9 Å². The first kappa shape index (κ1) is 26.4. The van der Waals surface area contributed by atoms with Crippen LogP contribution in [0.3, 0.4) is 0 Å². The number of carbonyl (C=O) groups excluding carboxylic acids is 1. The molecular formula is C18H35IN6O3. The average molecular weight is 510 g/mol. The Bertz CT molecular complexity index is 627. The van der Waals surface area contributed by atoms with Crippen molar-refractivity contribution in [1.82, 2.24) is 25.7 Å². The van der Waals surface area contributed by atoms with E-state index in [9.17, 15) is 4.79 Å². The zero-order chi connectivity index (χ0) is 20.6. The minimum absolute atomic E-state index is 0. The van der Waals surface area contributed by atoms with Crippen molar-refractivity contribution in [3.8, 4) is 0 Å². The average Bonchev–Trinajstić information content (AvgIpc) is 2.95. The third-order valence-electron chi connectivity index (χ3n) is 3.82. The van der Waals surface area contributed by atoms with E-state index in [0.717, 1.165) is 6.42 Å². The lowest BCUT2D eigenvalue weighted by Crippen LogP contribution is -2.45. The van der Waals surface area contributed by atoms with Crippen LogP contribution in [-0.2, 0) is 11.3 Å². The van der Waals surface area contributed by atoms with Crippen LogP contribution >= 0.6 is 24.0 Å². The topological polar surface area (TPSA) is 105 Å². The van der Waals surface area contributed by atoms with Gasteiger partial charge < -0.3 is 24.8 Å². The van der Waals surface area contributed by atoms with Crippen LogP contribution in [0.1, 0.15) is 52.8 Å². The third kappa shape index (κ3) is 10.1. The predicted molar refractivity (Wildman–Crippen MR) is 120 cm³/mol. The highest BCUT2D eigenvalue weighted by Gasteiger charge is 2.22. The molecule has 1 heterocycles. The van der Waals surface area contributed by atoms with E-state index in [0.29, 0.717) is 30.8 Å². The van der Waals surface area contributed by atoms with Crippen molar-refractivity contribution in [3.05, 3.63) is 11.7 Å². The summed E-state index contributed by atoms with van der Waals surface area (Å²) in [6, 6.07) is -0.000930. The molecule has 0 bridgehead atoms. The maximum absolute atomic E-state index is 12.1. The van der Waals surface area contributed by atoms with E-state index < -0.39 is 11.7 Å². The van der Waals surface area contributed by atoms with Gasteiger partial charge in [-0.2, -0.15) is 4.98 Å². The number of carbonyl (C=O) groups is 1. The molecule has 0 radical (unpaired) electrons. The first-order chi connectivity index (χ1) is 12.5. The number of aromatic nitrogens is 2. The molecule has 162 valence electrons. The molecule has 0 saturated heterocycles. The van der Waals surface area contributed by atoms with Gasteiger partial charge in [0.2, 0.25) is 5.89 Å². The number of ether oxygens (including phenoxy) is 1. The zero-order valence-corrected chi connectivity index (χ0v) is 20.5. The number of amides is 1. The molecule has 0 aliphatic heterocycles. The Kier molecular flexibility index (Phi) is 11.4. The largest absolute Gasteiger partial charge is 0.444 e. The Morgan fingerprint density at radius 3 is 2.46 bits per heavy atom. The number of alkyl carbamates (subject to hydrolysis) is 1. The van der Waals surface area contributed by atoms with Gasteiger partial charge in [0.1, 0.15) is 5.60 Å². The summed E-state index contributed by atoms with van der Waals surface area (Å²) >= 11 is 0. The van der Waals surface area contributed by atoms with Gasteiger partial charge in [-0.25, -0.2) is 4.79 Å². The van der Waals surface area contributed by atoms with Gasteiger partial charge in [-0.3, -0.25) is 4.99 Å². The smallest absolute Gasteiger partial charge is 0.407 e. The molecule has 28 heavy (non-hydrogen) atoms. The molecule has 9 nitrogen and oxygen atoms in total. The minimum Gasteiger partial charge on any atom is -0.444 e. The van der Waals surface area contributed by atoms with Crippen LogP contribution in [0, 0.1) is 12.8 Å². The van der Waals surface area contributed by atoms with Gasteiger partial charge in [-0.05, 0) is 40.0 Å². The molecule has 0 spiro atoms. The summed E-state index contributed by atoms with van der Waals surface area (Å²) < 4.78 is 10.5. The first-order valence-electron chi connectivity index (χ1n) is 9.22. The zero-order valence-electron chi connectivity index (χ0n) is 18.2.